The fraction of sp³-hybridized carbons (Fsp3) is 0.250. The van der Waals surface area contributed by atoms with Gasteiger partial charge >= 0.3 is 6.18 Å². The summed E-state index contributed by atoms with van der Waals surface area (Å²) < 4.78 is 60.0. The van der Waals surface area contributed by atoms with E-state index in [1.54, 1.807) is 0 Å². The van der Waals surface area contributed by atoms with Gasteiger partial charge in [-0.15, -0.1) is 0 Å². The van der Waals surface area contributed by atoms with Gasteiger partial charge < -0.3 is 0 Å². The van der Waals surface area contributed by atoms with Crippen molar-refractivity contribution < 1.29 is 26.5 Å². The van der Waals surface area contributed by atoms with E-state index in [2.05, 4.69) is 0 Å². The molecule has 0 aromatic heterocycles. The quantitative estimate of drug-likeness (QED) is 0.478. The molecule has 0 unspecified atom stereocenters. The second-order valence-electron chi connectivity index (χ2n) is 3.31. The first kappa shape index (κ1) is 14.7. The van der Waals surface area contributed by atoms with Gasteiger partial charge in [0.2, 0.25) is 0 Å². The average molecular weight is 304 g/mol. The fourth-order valence-electron chi connectivity index (χ4n) is 1.33. The summed E-state index contributed by atoms with van der Waals surface area (Å²) in [5.74, 6) is 0. The van der Waals surface area contributed by atoms with Crippen LogP contribution in [0.1, 0.15) is 11.1 Å². The molecule has 0 aliphatic heterocycles. The van der Waals surface area contributed by atoms with Gasteiger partial charge in [0.1, 0.15) is 0 Å². The highest BCUT2D eigenvalue weighted by atomic mass is 35.7. The van der Waals surface area contributed by atoms with Crippen molar-refractivity contribution in [1.29, 1.82) is 0 Å². The minimum absolute atomic E-state index is 0.265. The van der Waals surface area contributed by atoms with E-state index < -0.39 is 41.9 Å². The Kier molecular flexibility index (Phi) is 3.59. The number of halogens is 4. The molecule has 0 amide bonds. The van der Waals surface area contributed by atoms with E-state index in [1.807, 2.05) is 0 Å². The van der Waals surface area contributed by atoms with Crippen molar-refractivity contribution in [2.45, 2.75) is 18.0 Å². The summed E-state index contributed by atoms with van der Waals surface area (Å²) in [5, 5.41) is 10.5. The van der Waals surface area contributed by atoms with E-state index in [0.717, 1.165) is 6.92 Å². The van der Waals surface area contributed by atoms with Crippen LogP contribution in [0.2, 0.25) is 0 Å². The van der Waals surface area contributed by atoms with Crippen molar-refractivity contribution in [3.63, 3.8) is 0 Å². The van der Waals surface area contributed by atoms with Crippen molar-refractivity contribution in [1.82, 2.24) is 0 Å². The Morgan fingerprint density at radius 3 is 2.17 bits per heavy atom. The van der Waals surface area contributed by atoms with Gasteiger partial charge in [-0.3, -0.25) is 10.1 Å². The molecule has 0 N–H and O–H groups in total. The summed E-state index contributed by atoms with van der Waals surface area (Å²) in [6.07, 6.45) is -4.91. The summed E-state index contributed by atoms with van der Waals surface area (Å²) in [5.41, 5.74) is -3.08. The van der Waals surface area contributed by atoms with E-state index in [9.17, 15) is 31.7 Å². The number of nitro groups is 1. The predicted octanol–water partition coefficient (Wildman–Crippen LogP) is 2.85. The zero-order valence-electron chi connectivity index (χ0n) is 8.66. The normalized spacial score (nSPS) is 12.5. The van der Waals surface area contributed by atoms with Crippen molar-refractivity contribution in [2.24, 2.45) is 0 Å². The minimum atomic E-state index is -4.91. The first-order valence-corrected chi connectivity index (χ1v) is 6.56. The number of nitrogens with zero attached hydrogens (tertiary/aromatic N) is 1. The number of rotatable bonds is 2. The van der Waals surface area contributed by atoms with Crippen LogP contribution in [0.3, 0.4) is 0 Å². The van der Waals surface area contributed by atoms with E-state index >= 15 is 0 Å². The Balaban J connectivity index is 3.76. The van der Waals surface area contributed by atoms with Crippen LogP contribution in [0.4, 0.5) is 18.9 Å². The van der Waals surface area contributed by atoms with E-state index in [-0.39, 0.29) is 6.07 Å². The Labute approximate surface area is 104 Å². The van der Waals surface area contributed by atoms with Gasteiger partial charge in [-0.05, 0) is 12.5 Å². The maximum absolute atomic E-state index is 12.6. The minimum Gasteiger partial charge on any atom is -0.258 e. The molecule has 0 aliphatic carbocycles. The van der Waals surface area contributed by atoms with Crippen molar-refractivity contribution in [3.8, 4) is 0 Å². The molecule has 10 heteroatoms. The molecule has 1 aromatic carbocycles. The fourth-order valence-corrected chi connectivity index (χ4v) is 2.54. The van der Waals surface area contributed by atoms with Gasteiger partial charge in [0, 0.05) is 22.8 Å². The number of benzene rings is 1. The SMILES string of the molecule is Cc1c(C(F)(F)F)cc([N+](=O)[O-])cc1S(=O)(=O)Cl. The molecule has 1 rings (SSSR count). The zero-order chi connectivity index (χ0) is 14.3. The molecule has 100 valence electrons. The monoisotopic (exact) mass is 303 g/mol. The van der Waals surface area contributed by atoms with Crippen LogP contribution in [-0.2, 0) is 15.2 Å². The van der Waals surface area contributed by atoms with Crippen molar-refractivity contribution >= 4 is 25.4 Å². The third-order valence-corrected chi connectivity index (χ3v) is 3.57. The Morgan fingerprint density at radius 1 is 1.33 bits per heavy atom. The van der Waals surface area contributed by atoms with Gasteiger partial charge in [0.25, 0.3) is 14.7 Å². The summed E-state index contributed by atoms with van der Waals surface area (Å²) in [6, 6.07) is 0.758. The number of alkyl halides is 3. The van der Waals surface area contributed by atoms with Gasteiger partial charge in [-0.25, -0.2) is 8.42 Å². The highest BCUT2D eigenvalue weighted by Crippen LogP contribution is 2.37. The maximum atomic E-state index is 12.6. The van der Waals surface area contributed by atoms with Gasteiger partial charge in [0.15, 0.2) is 0 Å². The molecule has 0 fully saturated rings. The summed E-state index contributed by atoms with van der Waals surface area (Å²) in [7, 11) is 0.440. The molecule has 0 aliphatic rings. The highest BCUT2D eigenvalue weighted by Gasteiger charge is 2.37. The largest absolute Gasteiger partial charge is 0.416 e. The molecule has 0 saturated carbocycles. The summed E-state index contributed by atoms with van der Waals surface area (Å²) >= 11 is 0. The van der Waals surface area contributed by atoms with Gasteiger partial charge in [0.05, 0.1) is 15.4 Å². The van der Waals surface area contributed by atoms with Crippen LogP contribution in [0, 0.1) is 17.0 Å². The predicted molar refractivity (Wildman–Crippen MR) is 55.9 cm³/mol. The van der Waals surface area contributed by atoms with E-state index in [0.29, 0.717) is 6.07 Å². The Morgan fingerprint density at radius 2 is 1.83 bits per heavy atom. The van der Waals surface area contributed by atoms with Gasteiger partial charge in [-0.2, -0.15) is 13.2 Å². The van der Waals surface area contributed by atoms with Gasteiger partial charge in [-0.1, -0.05) is 0 Å². The third-order valence-electron chi connectivity index (χ3n) is 2.12. The molecule has 5 nitrogen and oxygen atoms in total. The van der Waals surface area contributed by atoms with Crippen LogP contribution in [0.5, 0.6) is 0 Å². The van der Waals surface area contributed by atoms with Crippen molar-refractivity contribution in [2.75, 3.05) is 0 Å². The molecular weight excluding hydrogens is 299 g/mol. The van der Waals surface area contributed by atoms with Crippen LogP contribution >= 0.6 is 10.7 Å². The molecule has 0 spiro atoms. The maximum Gasteiger partial charge on any atom is 0.416 e. The molecule has 0 bridgehead atoms. The standard InChI is InChI=1S/C8H5ClF3NO4S/c1-4-6(8(10,11)12)2-5(13(14)15)3-7(4)18(9,16)17/h2-3H,1H3. The molecule has 0 radical (unpaired) electrons. The lowest BCUT2D eigenvalue weighted by Gasteiger charge is -2.12. The van der Waals surface area contributed by atoms with Crippen LogP contribution < -0.4 is 0 Å². The van der Waals surface area contributed by atoms with Crippen LogP contribution in [0.15, 0.2) is 17.0 Å². The van der Waals surface area contributed by atoms with Crippen molar-refractivity contribution in [3.05, 3.63) is 33.4 Å². The zero-order valence-corrected chi connectivity index (χ0v) is 10.2. The van der Waals surface area contributed by atoms with E-state index in [1.165, 1.54) is 0 Å². The smallest absolute Gasteiger partial charge is 0.258 e. The summed E-state index contributed by atoms with van der Waals surface area (Å²) in [4.78, 5) is 8.42. The lowest BCUT2D eigenvalue weighted by molar-refractivity contribution is -0.385. The number of hydrogen-bond acceptors (Lipinski definition) is 4. The lowest BCUT2D eigenvalue weighted by atomic mass is 10.1. The van der Waals surface area contributed by atoms with Crippen LogP contribution in [-0.4, -0.2) is 13.3 Å². The third kappa shape index (κ3) is 2.91. The average Bonchev–Trinajstić information content (AvgIpc) is 2.13. The number of non-ortho nitro benzene ring substituents is 1. The number of nitro benzene ring substituents is 1. The molecule has 1 aromatic rings. The Hall–Kier alpha value is -1.35. The van der Waals surface area contributed by atoms with E-state index in [4.69, 9.17) is 10.7 Å². The molecule has 0 atom stereocenters. The molecular formula is C8H5ClF3NO4S. The summed E-state index contributed by atoms with van der Waals surface area (Å²) in [6.45, 7) is 0.877. The van der Waals surface area contributed by atoms with Crippen LogP contribution in [0.25, 0.3) is 0 Å². The molecule has 0 saturated heterocycles. The Bertz CT molecular complexity index is 612. The first-order chi connectivity index (χ1) is 7.94. The topological polar surface area (TPSA) is 77.3 Å². The molecule has 0 heterocycles. The number of hydrogen-bond donors (Lipinski definition) is 0. The first-order valence-electron chi connectivity index (χ1n) is 4.25. The lowest BCUT2D eigenvalue weighted by Crippen LogP contribution is -2.11. The second-order valence-corrected chi connectivity index (χ2v) is 5.84. The second kappa shape index (κ2) is 4.39. The molecule has 18 heavy (non-hydrogen) atoms. The highest BCUT2D eigenvalue weighted by molar-refractivity contribution is 8.13.